The van der Waals surface area contributed by atoms with Crippen molar-refractivity contribution in [1.82, 2.24) is 4.98 Å². The number of aryl methyl sites for hydroxylation is 1. The van der Waals surface area contributed by atoms with E-state index < -0.39 is 0 Å². The molecule has 0 unspecified atom stereocenters. The van der Waals surface area contributed by atoms with Crippen molar-refractivity contribution in [2.24, 2.45) is 0 Å². The molecule has 0 spiro atoms. The van der Waals surface area contributed by atoms with E-state index in [2.05, 4.69) is 10.3 Å². The van der Waals surface area contributed by atoms with Gasteiger partial charge in [0, 0.05) is 11.1 Å². The molecule has 0 bridgehead atoms. The van der Waals surface area contributed by atoms with E-state index in [0.29, 0.717) is 17.0 Å². The van der Waals surface area contributed by atoms with Crippen LogP contribution in [0.5, 0.6) is 5.75 Å². The van der Waals surface area contributed by atoms with Crippen molar-refractivity contribution in [3.8, 4) is 11.8 Å². The van der Waals surface area contributed by atoms with Crippen LogP contribution in [0.15, 0.2) is 24.3 Å². The van der Waals surface area contributed by atoms with Crippen molar-refractivity contribution in [2.45, 2.75) is 13.3 Å². The number of benzene rings is 1. The highest BCUT2D eigenvalue weighted by Crippen LogP contribution is 2.30. The molecule has 0 aliphatic carbocycles. The van der Waals surface area contributed by atoms with Crippen molar-refractivity contribution in [2.75, 3.05) is 12.4 Å². The summed E-state index contributed by atoms with van der Waals surface area (Å²) in [6, 6.07) is 9.05. The second kappa shape index (κ2) is 5.36. The van der Waals surface area contributed by atoms with Crippen molar-refractivity contribution in [1.29, 1.82) is 5.26 Å². The highest BCUT2D eigenvalue weighted by atomic mass is 16.5. The van der Waals surface area contributed by atoms with Crippen LogP contribution in [0.2, 0.25) is 0 Å². The average molecular weight is 255 g/mol. The number of nitrogens with zero attached hydrogens (tertiary/aromatic N) is 2. The lowest BCUT2D eigenvalue weighted by atomic mass is 10.1. The van der Waals surface area contributed by atoms with E-state index in [0.717, 1.165) is 11.1 Å². The second-order valence-electron chi connectivity index (χ2n) is 4.05. The van der Waals surface area contributed by atoms with Crippen LogP contribution in [0, 0.1) is 18.3 Å². The number of methoxy groups -OCH3 is 1. The number of hydrogen-bond donors (Lipinski definition) is 1. The molecule has 1 N–H and O–H groups in total. The normalized spacial score (nSPS) is 9.95. The van der Waals surface area contributed by atoms with Crippen LogP contribution < -0.4 is 10.1 Å². The van der Waals surface area contributed by atoms with Crippen molar-refractivity contribution >= 4 is 22.5 Å². The topological polar surface area (TPSA) is 75.0 Å². The molecule has 1 aromatic carbocycles. The van der Waals surface area contributed by atoms with Gasteiger partial charge in [-0.2, -0.15) is 5.26 Å². The lowest BCUT2D eigenvalue weighted by Gasteiger charge is -2.10. The van der Waals surface area contributed by atoms with Gasteiger partial charge >= 0.3 is 0 Å². The van der Waals surface area contributed by atoms with Gasteiger partial charge in [0.15, 0.2) is 0 Å². The summed E-state index contributed by atoms with van der Waals surface area (Å²) in [6.07, 6.45) is -0.174. The summed E-state index contributed by atoms with van der Waals surface area (Å²) in [5.74, 6) is 0.312. The molecule has 1 amide bonds. The van der Waals surface area contributed by atoms with Crippen LogP contribution in [0.3, 0.4) is 0 Å². The Morgan fingerprint density at radius 2 is 2.21 bits per heavy atom. The lowest BCUT2D eigenvalue weighted by molar-refractivity contribution is -0.115. The van der Waals surface area contributed by atoms with Gasteiger partial charge in [0.1, 0.15) is 17.7 Å². The largest absolute Gasteiger partial charge is 0.494 e. The van der Waals surface area contributed by atoms with Gasteiger partial charge in [0.25, 0.3) is 0 Å². The van der Waals surface area contributed by atoms with Gasteiger partial charge in [-0.15, -0.1) is 0 Å². The molecule has 1 heterocycles. The highest BCUT2D eigenvalue weighted by molar-refractivity contribution is 6.03. The predicted molar refractivity (Wildman–Crippen MR) is 71.9 cm³/mol. The molecule has 96 valence electrons. The summed E-state index contributed by atoms with van der Waals surface area (Å²) in [7, 11) is 1.58. The molecule has 19 heavy (non-hydrogen) atoms. The number of pyridine rings is 1. The Bertz CT molecular complexity index is 674. The number of aromatic nitrogens is 1. The molecule has 2 aromatic rings. The van der Waals surface area contributed by atoms with Gasteiger partial charge in [0.05, 0.1) is 18.9 Å². The summed E-state index contributed by atoms with van der Waals surface area (Å²) in [5.41, 5.74) is 2.19. The summed E-state index contributed by atoms with van der Waals surface area (Å²) >= 11 is 0. The SMILES string of the molecule is COc1ccc(NC(=O)CC#N)c2ccc(C)nc12. The van der Waals surface area contributed by atoms with Gasteiger partial charge in [-0.3, -0.25) is 4.79 Å². The van der Waals surface area contributed by atoms with E-state index in [9.17, 15) is 4.79 Å². The molecular formula is C14H13N3O2. The van der Waals surface area contributed by atoms with E-state index in [-0.39, 0.29) is 12.3 Å². The standard InChI is InChI=1S/C14H13N3O2/c1-9-3-4-10-11(17-13(18)7-8-15)5-6-12(19-2)14(10)16-9/h3-6H,7H2,1-2H3,(H,17,18). The van der Waals surface area contributed by atoms with Crippen LogP contribution in [0.25, 0.3) is 10.9 Å². The molecular weight excluding hydrogens is 242 g/mol. The summed E-state index contributed by atoms with van der Waals surface area (Å²) in [4.78, 5) is 15.9. The Morgan fingerprint density at radius 3 is 2.89 bits per heavy atom. The van der Waals surface area contributed by atoms with E-state index in [1.165, 1.54) is 0 Å². The fourth-order valence-electron chi connectivity index (χ4n) is 1.83. The first-order valence-corrected chi connectivity index (χ1v) is 5.77. The number of anilines is 1. The minimum absolute atomic E-state index is 0.174. The summed E-state index contributed by atoms with van der Waals surface area (Å²) in [6.45, 7) is 1.89. The van der Waals surface area contributed by atoms with Crippen molar-refractivity contribution < 1.29 is 9.53 Å². The number of fused-ring (bicyclic) bond motifs is 1. The fraction of sp³-hybridized carbons (Fsp3) is 0.214. The van der Waals surface area contributed by atoms with Gasteiger partial charge in [-0.25, -0.2) is 4.98 Å². The third kappa shape index (κ3) is 2.63. The van der Waals surface area contributed by atoms with E-state index >= 15 is 0 Å². The number of rotatable bonds is 3. The number of amides is 1. The van der Waals surface area contributed by atoms with Crippen LogP contribution >= 0.6 is 0 Å². The van der Waals surface area contributed by atoms with E-state index in [1.807, 2.05) is 25.1 Å². The predicted octanol–water partition coefficient (Wildman–Crippen LogP) is 2.40. The van der Waals surface area contributed by atoms with Gasteiger partial charge in [-0.1, -0.05) is 0 Å². The Hall–Kier alpha value is -2.61. The number of carbonyl (C=O) groups excluding carboxylic acids is 1. The lowest BCUT2D eigenvalue weighted by Crippen LogP contribution is -2.10. The molecule has 5 heteroatoms. The van der Waals surface area contributed by atoms with Crippen LogP contribution in [0.1, 0.15) is 12.1 Å². The average Bonchev–Trinajstić information content (AvgIpc) is 2.39. The zero-order chi connectivity index (χ0) is 13.8. The zero-order valence-electron chi connectivity index (χ0n) is 10.7. The molecule has 0 radical (unpaired) electrons. The maximum atomic E-state index is 11.5. The van der Waals surface area contributed by atoms with Crippen molar-refractivity contribution in [3.63, 3.8) is 0 Å². The first-order valence-electron chi connectivity index (χ1n) is 5.77. The zero-order valence-corrected chi connectivity index (χ0v) is 10.7. The Labute approximate surface area is 110 Å². The van der Waals surface area contributed by atoms with Gasteiger partial charge < -0.3 is 10.1 Å². The quantitative estimate of drug-likeness (QED) is 0.913. The third-order valence-corrected chi connectivity index (χ3v) is 2.69. The maximum absolute atomic E-state index is 11.5. The number of nitriles is 1. The van der Waals surface area contributed by atoms with E-state index in [1.54, 1.807) is 19.2 Å². The first kappa shape index (κ1) is 12.8. The number of hydrogen-bond acceptors (Lipinski definition) is 4. The molecule has 0 atom stereocenters. The number of carbonyl (C=O) groups is 1. The highest BCUT2D eigenvalue weighted by Gasteiger charge is 2.10. The Kier molecular flexibility index (Phi) is 3.62. The van der Waals surface area contributed by atoms with Crippen LogP contribution in [0.4, 0.5) is 5.69 Å². The smallest absolute Gasteiger partial charge is 0.238 e. The molecule has 0 saturated heterocycles. The number of ether oxygens (including phenoxy) is 1. The molecule has 0 saturated carbocycles. The minimum atomic E-state index is -0.338. The summed E-state index contributed by atoms with van der Waals surface area (Å²) < 4.78 is 5.26. The Morgan fingerprint density at radius 1 is 1.42 bits per heavy atom. The molecule has 0 aliphatic heterocycles. The molecule has 5 nitrogen and oxygen atoms in total. The van der Waals surface area contributed by atoms with Gasteiger partial charge in [-0.05, 0) is 31.2 Å². The monoisotopic (exact) mass is 255 g/mol. The second-order valence-corrected chi connectivity index (χ2v) is 4.05. The van der Waals surface area contributed by atoms with E-state index in [4.69, 9.17) is 10.00 Å². The van der Waals surface area contributed by atoms with Gasteiger partial charge in [0.2, 0.25) is 5.91 Å². The van der Waals surface area contributed by atoms with Crippen LogP contribution in [-0.2, 0) is 4.79 Å². The van der Waals surface area contributed by atoms with Crippen molar-refractivity contribution in [3.05, 3.63) is 30.0 Å². The minimum Gasteiger partial charge on any atom is -0.494 e. The third-order valence-electron chi connectivity index (χ3n) is 2.69. The molecule has 0 aliphatic rings. The number of nitrogens with one attached hydrogen (secondary N) is 1. The molecule has 1 aromatic heterocycles. The van der Waals surface area contributed by atoms with Crippen LogP contribution in [-0.4, -0.2) is 18.0 Å². The first-order chi connectivity index (χ1) is 9.15. The Balaban J connectivity index is 2.52. The fourth-order valence-corrected chi connectivity index (χ4v) is 1.83. The molecule has 2 rings (SSSR count). The molecule has 0 fully saturated rings. The maximum Gasteiger partial charge on any atom is 0.238 e. The summed E-state index contributed by atoms with van der Waals surface area (Å²) in [5, 5.41) is 12.0.